The van der Waals surface area contributed by atoms with Crippen molar-refractivity contribution in [1.82, 2.24) is 10.2 Å². The fourth-order valence-electron chi connectivity index (χ4n) is 3.42. The Morgan fingerprint density at radius 1 is 1.29 bits per heavy atom. The minimum atomic E-state index is -1.08. The van der Waals surface area contributed by atoms with Crippen molar-refractivity contribution in [3.05, 3.63) is 29.8 Å². The molecule has 0 aliphatic carbocycles. The number of benzene rings is 1. The Morgan fingerprint density at radius 2 is 1.93 bits per heavy atom. The highest BCUT2D eigenvalue weighted by Crippen LogP contribution is 2.20. The number of hydrogen-bond acceptors (Lipinski definition) is 5. The lowest BCUT2D eigenvalue weighted by Gasteiger charge is -2.29. The molecule has 8 nitrogen and oxygen atoms in total. The van der Waals surface area contributed by atoms with E-state index in [4.69, 9.17) is 5.73 Å². The van der Waals surface area contributed by atoms with Gasteiger partial charge < -0.3 is 26.2 Å². The van der Waals surface area contributed by atoms with Gasteiger partial charge in [0.2, 0.25) is 11.8 Å². The van der Waals surface area contributed by atoms with Gasteiger partial charge in [-0.15, -0.1) is 0 Å². The Hall–Kier alpha value is -2.61. The third-order valence-electron chi connectivity index (χ3n) is 5.32. The zero-order valence-corrected chi connectivity index (χ0v) is 16.3. The molecule has 1 aromatic carbocycles. The van der Waals surface area contributed by atoms with Gasteiger partial charge in [-0.1, -0.05) is 32.4 Å². The lowest BCUT2D eigenvalue weighted by atomic mass is 9.98. The number of carbonyl (C=O) groups is 3. The van der Waals surface area contributed by atoms with Crippen LogP contribution < -0.4 is 11.1 Å². The molecule has 5 N–H and O–H groups in total. The van der Waals surface area contributed by atoms with Gasteiger partial charge in [0.1, 0.15) is 17.8 Å². The van der Waals surface area contributed by atoms with E-state index in [1.165, 1.54) is 17.0 Å². The number of aliphatic carboxylic acids is 1. The number of rotatable bonds is 8. The number of aromatic hydroxyl groups is 1. The van der Waals surface area contributed by atoms with Crippen LogP contribution in [-0.2, 0) is 20.8 Å². The number of hydrogen-bond donors (Lipinski definition) is 4. The molecule has 1 saturated heterocycles. The van der Waals surface area contributed by atoms with Gasteiger partial charge in [0, 0.05) is 6.54 Å². The first kappa shape index (κ1) is 21.7. The molecule has 1 aliphatic heterocycles. The van der Waals surface area contributed by atoms with E-state index in [1.54, 1.807) is 19.1 Å². The second-order valence-corrected chi connectivity index (χ2v) is 7.38. The van der Waals surface area contributed by atoms with Crippen LogP contribution in [-0.4, -0.2) is 57.6 Å². The van der Waals surface area contributed by atoms with Crippen molar-refractivity contribution < 1.29 is 24.6 Å². The van der Waals surface area contributed by atoms with E-state index < -0.39 is 30.0 Å². The molecular weight excluding hydrogens is 362 g/mol. The van der Waals surface area contributed by atoms with Gasteiger partial charge in [-0.2, -0.15) is 0 Å². The number of carboxylic acid groups (broad SMARTS) is 1. The smallest absolute Gasteiger partial charge is 0.326 e. The maximum Gasteiger partial charge on any atom is 0.326 e. The molecule has 4 atom stereocenters. The summed E-state index contributed by atoms with van der Waals surface area (Å²) in [5, 5.41) is 21.3. The van der Waals surface area contributed by atoms with Crippen molar-refractivity contribution in [3.63, 3.8) is 0 Å². The lowest BCUT2D eigenvalue weighted by Crippen LogP contribution is -2.55. The standard InChI is InChI=1S/C20H29N3O5/c1-3-12(2)17(20(27)28)22-18(25)16-5-4-10-23(16)19(26)15(21)11-13-6-8-14(24)9-7-13/h6-9,12,15-17,24H,3-5,10-11,21H2,1-2H3,(H,22,25)(H,27,28)/t12?,15-,16-,17-/m0/s1. The summed E-state index contributed by atoms with van der Waals surface area (Å²) in [6.45, 7) is 4.05. The van der Waals surface area contributed by atoms with Gasteiger partial charge in [-0.25, -0.2) is 4.79 Å². The molecule has 0 radical (unpaired) electrons. The molecule has 2 amide bonds. The third kappa shape index (κ3) is 5.22. The second-order valence-electron chi connectivity index (χ2n) is 7.38. The van der Waals surface area contributed by atoms with Crippen molar-refractivity contribution in [3.8, 4) is 5.75 Å². The Labute approximate surface area is 164 Å². The fraction of sp³-hybridized carbons (Fsp3) is 0.550. The van der Waals surface area contributed by atoms with Crippen LogP contribution in [0.2, 0.25) is 0 Å². The van der Waals surface area contributed by atoms with Crippen molar-refractivity contribution in [1.29, 1.82) is 0 Å². The maximum atomic E-state index is 12.8. The largest absolute Gasteiger partial charge is 0.508 e. The minimum absolute atomic E-state index is 0.134. The van der Waals surface area contributed by atoms with E-state index in [-0.39, 0.29) is 24.0 Å². The molecule has 1 heterocycles. The van der Waals surface area contributed by atoms with Crippen LogP contribution in [0, 0.1) is 5.92 Å². The average molecular weight is 391 g/mol. The first-order valence-electron chi connectivity index (χ1n) is 9.61. The minimum Gasteiger partial charge on any atom is -0.508 e. The van der Waals surface area contributed by atoms with E-state index >= 15 is 0 Å². The van der Waals surface area contributed by atoms with Crippen LogP contribution in [0.15, 0.2) is 24.3 Å². The SMILES string of the molecule is CCC(C)[C@H](NC(=O)[C@@H]1CCCN1C(=O)[C@@H](N)Cc1ccc(O)cc1)C(=O)O. The Kier molecular flexibility index (Phi) is 7.39. The zero-order valence-electron chi connectivity index (χ0n) is 16.3. The quantitative estimate of drug-likeness (QED) is 0.520. The van der Waals surface area contributed by atoms with Crippen LogP contribution in [0.4, 0.5) is 0 Å². The summed E-state index contributed by atoms with van der Waals surface area (Å²) in [4.78, 5) is 38.4. The molecule has 1 unspecified atom stereocenters. The molecule has 1 fully saturated rings. The predicted molar refractivity (Wildman–Crippen MR) is 104 cm³/mol. The van der Waals surface area contributed by atoms with Crippen LogP contribution in [0.1, 0.15) is 38.7 Å². The number of phenols is 1. The number of amides is 2. The van der Waals surface area contributed by atoms with Crippen molar-refractivity contribution >= 4 is 17.8 Å². The van der Waals surface area contributed by atoms with E-state index in [0.29, 0.717) is 25.8 Å². The molecule has 8 heteroatoms. The van der Waals surface area contributed by atoms with E-state index in [1.807, 2.05) is 6.92 Å². The second kappa shape index (κ2) is 9.54. The van der Waals surface area contributed by atoms with Crippen molar-refractivity contribution in [2.45, 2.75) is 57.7 Å². The first-order chi connectivity index (χ1) is 13.2. The molecule has 154 valence electrons. The molecule has 1 aliphatic rings. The summed E-state index contributed by atoms with van der Waals surface area (Å²) < 4.78 is 0. The van der Waals surface area contributed by atoms with E-state index in [2.05, 4.69) is 5.32 Å². The summed E-state index contributed by atoms with van der Waals surface area (Å²) in [6.07, 6.45) is 2.05. The van der Waals surface area contributed by atoms with Crippen molar-refractivity contribution in [2.24, 2.45) is 11.7 Å². The topological polar surface area (TPSA) is 133 Å². The summed E-state index contributed by atoms with van der Waals surface area (Å²) in [6, 6.07) is 3.94. The van der Waals surface area contributed by atoms with E-state index in [9.17, 15) is 24.6 Å². The van der Waals surface area contributed by atoms with Crippen LogP contribution >= 0.6 is 0 Å². The van der Waals surface area contributed by atoms with Gasteiger partial charge in [-0.3, -0.25) is 9.59 Å². The molecule has 28 heavy (non-hydrogen) atoms. The molecule has 0 saturated carbocycles. The Morgan fingerprint density at radius 3 is 2.50 bits per heavy atom. The Balaban J connectivity index is 2.03. The number of nitrogens with zero attached hydrogens (tertiary/aromatic N) is 1. The van der Waals surface area contributed by atoms with E-state index in [0.717, 1.165) is 5.56 Å². The van der Waals surface area contributed by atoms with Crippen LogP contribution in [0.5, 0.6) is 5.75 Å². The first-order valence-corrected chi connectivity index (χ1v) is 9.61. The van der Waals surface area contributed by atoms with Gasteiger partial charge in [0.15, 0.2) is 0 Å². The number of phenolic OH excluding ortho intramolecular Hbond substituents is 1. The number of carbonyl (C=O) groups excluding carboxylic acids is 2. The van der Waals surface area contributed by atoms with Crippen LogP contribution in [0.25, 0.3) is 0 Å². The Bertz CT molecular complexity index is 706. The van der Waals surface area contributed by atoms with Gasteiger partial charge >= 0.3 is 5.97 Å². The van der Waals surface area contributed by atoms with Crippen molar-refractivity contribution in [2.75, 3.05) is 6.54 Å². The molecular formula is C20H29N3O5. The van der Waals surface area contributed by atoms with Gasteiger partial charge in [-0.05, 0) is 42.9 Å². The fourth-order valence-corrected chi connectivity index (χ4v) is 3.42. The third-order valence-corrected chi connectivity index (χ3v) is 5.32. The van der Waals surface area contributed by atoms with Crippen LogP contribution in [0.3, 0.4) is 0 Å². The molecule has 2 rings (SSSR count). The monoisotopic (exact) mass is 391 g/mol. The molecule has 1 aromatic rings. The number of nitrogens with one attached hydrogen (secondary N) is 1. The van der Waals surface area contributed by atoms with Gasteiger partial charge in [0.05, 0.1) is 6.04 Å². The number of likely N-dealkylation sites (tertiary alicyclic amines) is 1. The summed E-state index contributed by atoms with van der Waals surface area (Å²) in [5.41, 5.74) is 6.88. The molecule has 0 bridgehead atoms. The average Bonchev–Trinajstić information content (AvgIpc) is 3.16. The number of carboxylic acids is 1. The molecule has 0 aromatic heterocycles. The summed E-state index contributed by atoms with van der Waals surface area (Å²) >= 11 is 0. The maximum absolute atomic E-state index is 12.8. The highest BCUT2D eigenvalue weighted by atomic mass is 16.4. The summed E-state index contributed by atoms with van der Waals surface area (Å²) in [5.74, 6) is -1.95. The normalized spacial score (nSPS) is 19.7. The zero-order chi connectivity index (χ0) is 20.8. The highest BCUT2D eigenvalue weighted by Gasteiger charge is 2.38. The molecule has 0 spiro atoms. The lowest BCUT2D eigenvalue weighted by molar-refractivity contribution is -0.145. The highest BCUT2D eigenvalue weighted by molar-refractivity contribution is 5.92. The number of nitrogens with two attached hydrogens (primary N) is 1. The predicted octanol–water partition coefficient (Wildman–Crippen LogP) is 0.869. The van der Waals surface area contributed by atoms with Gasteiger partial charge in [0.25, 0.3) is 0 Å². The summed E-state index contributed by atoms with van der Waals surface area (Å²) in [7, 11) is 0.